The van der Waals surface area contributed by atoms with Crippen LogP contribution in [0.3, 0.4) is 0 Å². The van der Waals surface area contributed by atoms with Crippen LogP contribution in [0.25, 0.3) is 0 Å². The normalized spacial score (nSPS) is 28.0. The number of nitrogens with one attached hydrogen (secondary N) is 5. The lowest BCUT2D eigenvalue weighted by atomic mass is 9.99. The molecule has 4 rings (SSSR count). The van der Waals surface area contributed by atoms with E-state index in [1.165, 1.54) is 89.8 Å². The second-order valence-electron chi connectivity index (χ2n) is 20.9. The Morgan fingerprint density at radius 1 is 0.689 bits per heavy atom. The van der Waals surface area contributed by atoms with Crippen molar-refractivity contribution in [3.63, 3.8) is 0 Å². The lowest BCUT2D eigenvalue weighted by molar-refractivity contribution is -0.147. The predicted molar refractivity (Wildman–Crippen MR) is 273 cm³/mol. The van der Waals surface area contributed by atoms with E-state index in [2.05, 4.69) is 33.5 Å². The van der Waals surface area contributed by atoms with Gasteiger partial charge in [0.1, 0.15) is 42.0 Å². The number of nitrogens with zero attached hydrogens (tertiary/aromatic N) is 2. The summed E-state index contributed by atoms with van der Waals surface area (Å²) in [4.78, 5) is 100. The number of nitrogens with two attached hydrogens (primary N) is 1. The highest BCUT2D eigenvalue weighted by molar-refractivity contribution is 5.98. The van der Waals surface area contributed by atoms with Gasteiger partial charge in [-0.15, -0.1) is 0 Å². The number of phenolic OH excluding ortho intramolecular Hbond substituents is 1. The summed E-state index contributed by atoms with van der Waals surface area (Å²) >= 11 is 0. The first-order valence-electron chi connectivity index (χ1n) is 26.9. The Morgan fingerprint density at radius 2 is 1.22 bits per heavy atom. The molecule has 3 aliphatic heterocycles. The highest BCUT2D eigenvalue weighted by Crippen LogP contribution is 2.27. The Bertz CT molecular complexity index is 2010. The van der Waals surface area contributed by atoms with Gasteiger partial charge in [-0.05, 0) is 38.0 Å². The number of rotatable bonds is 22. The molecule has 0 bridgehead atoms. The van der Waals surface area contributed by atoms with Crippen molar-refractivity contribution in [1.29, 1.82) is 0 Å². The van der Waals surface area contributed by atoms with Crippen molar-refractivity contribution in [3.8, 4) is 5.75 Å². The number of amides is 7. The SMILES string of the molecule is CCCCCCCCCCCCCCCCCC(=O)N[C@H]1C[C@@H](O)CNC(=O)[C@@H]2[C@@H](O)[C@@H](C)CN2C(=O)[C@H]([C@@H](C)O)NC(=O)[C@H]([C@H](O)Cc2ccc(O)c(N)c2)NC(=O)[C@@H]2C[C@@H](O)CN2C(=O)[C@H]([C@@H](C)O)NC1=O. The van der Waals surface area contributed by atoms with Crippen molar-refractivity contribution in [2.45, 2.75) is 223 Å². The lowest BCUT2D eigenvalue weighted by Crippen LogP contribution is -2.64. The summed E-state index contributed by atoms with van der Waals surface area (Å²) in [5.74, 6) is -7.82. The van der Waals surface area contributed by atoms with Crippen LogP contribution in [0.2, 0.25) is 0 Å². The summed E-state index contributed by atoms with van der Waals surface area (Å²) in [6.07, 6.45) is 6.18. The van der Waals surface area contributed by atoms with Crippen molar-refractivity contribution < 1.29 is 69.3 Å². The van der Waals surface area contributed by atoms with Crippen LogP contribution in [0.1, 0.15) is 149 Å². The minimum atomic E-state index is -1.95. The molecule has 3 aliphatic rings. The van der Waals surface area contributed by atoms with Crippen LogP contribution in [0.5, 0.6) is 5.75 Å². The summed E-state index contributed by atoms with van der Waals surface area (Å²) in [6.45, 7) is 4.88. The van der Waals surface area contributed by atoms with Gasteiger partial charge in [0.2, 0.25) is 41.4 Å². The Hall–Kier alpha value is -5.13. The third-order valence-corrected chi connectivity index (χ3v) is 14.4. The maximum atomic E-state index is 14.3. The van der Waals surface area contributed by atoms with Crippen molar-refractivity contribution in [2.75, 3.05) is 25.4 Å². The Balaban J connectivity index is 1.57. The smallest absolute Gasteiger partial charge is 0.248 e. The Labute approximate surface area is 435 Å². The van der Waals surface area contributed by atoms with Gasteiger partial charge in [0.05, 0.1) is 42.3 Å². The van der Waals surface area contributed by atoms with Gasteiger partial charge in [0.15, 0.2) is 0 Å². The molecule has 22 nitrogen and oxygen atoms in total. The fourth-order valence-corrected chi connectivity index (χ4v) is 10.00. The molecule has 0 aliphatic carbocycles. The number of fused-ring (bicyclic) bond motifs is 2. The Kier molecular flexibility index (Phi) is 25.3. The van der Waals surface area contributed by atoms with Crippen LogP contribution in [-0.2, 0) is 40.0 Å². The third kappa shape index (κ3) is 18.3. The molecule has 22 heteroatoms. The van der Waals surface area contributed by atoms with Crippen LogP contribution in [-0.4, -0.2) is 179 Å². The molecule has 0 aromatic heterocycles. The Morgan fingerprint density at radius 3 is 1.77 bits per heavy atom. The molecule has 1 aromatic carbocycles. The molecule has 13 atom stereocenters. The topological polar surface area (TPSA) is 354 Å². The number of unbranched alkanes of at least 4 members (excludes halogenated alkanes) is 14. The summed E-state index contributed by atoms with van der Waals surface area (Å²) < 4.78 is 0. The molecule has 0 saturated carbocycles. The van der Waals surface area contributed by atoms with E-state index in [1.807, 2.05) is 0 Å². The van der Waals surface area contributed by atoms with Crippen LogP contribution in [0.4, 0.5) is 5.69 Å². The average molecular weight is 1050 g/mol. The maximum absolute atomic E-state index is 14.3. The van der Waals surface area contributed by atoms with Crippen LogP contribution >= 0.6 is 0 Å². The van der Waals surface area contributed by atoms with Gasteiger partial charge < -0.3 is 77.9 Å². The molecule has 0 spiro atoms. The number of aromatic hydroxyl groups is 1. The molecule has 3 heterocycles. The fraction of sp³-hybridized carbons (Fsp3) is 0.750. The molecule has 0 radical (unpaired) electrons. The van der Waals surface area contributed by atoms with E-state index in [4.69, 9.17) is 5.73 Å². The first-order valence-corrected chi connectivity index (χ1v) is 26.9. The quantitative estimate of drug-likeness (QED) is 0.0410. The average Bonchev–Trinajstić information content (AvgIpc) is 3.89. The van der Waals surface area contributed by atoms with E-state index in [-0.39, 0.29) is 30.8 Å². The van der Waals surface area contributed by atoms with E-state index in [0.29, 0.717) is 12.0 Å². The summed E-state index contributed by atoms with van der Waals surface area (Å²) in [6, 6.07) is -6.34. The predicted octanol–water partition coefficient (Wildman–Crippen LogP) is -0.109. The highest BCUT2D eigenvalue weighted by Gasteiger charge is 2.49. The lowest BCUT2D eigenvalue weighted by Gasteiger charge is -2.33. The van der Waals surface area contributed by atoms with Crippen molar-refractivity contribution >= 4 is 47.0 Å². The number of hydrogen-bond donors (Lipinski definition) is 13. The van der Waals surface area contributed by atoms with Crippen LogP contribution in [0, 0.1) is 5.92 Å². The first-order chi connectivity index (χ1) is 35.1. The zero-order valence-corrected chi connectivity index (χ0v) is 43.8. The van der Waals surface area contributed by atoms with E-state index in [1.54, 1.807) is 6.92 Å². The molecular formula is C52H86N8O14. The number of benzene rings is 1. The number of carbonyl (C=O) groups excluding carboxylic acids is 7. The molecule has 0 unspecified atom stereocenters. The van der Waals surface area contributed by atoms with Gasteiger partial charge in [-0.1, -0.05) is 110 Å². The molecule has 14 N–H and O–H groups in total. The fourth-order valence-electron chi connectivity index (χ4n) is 10.00. The van der Waals surface area contributed by atoms with Crippen molar-refractivity contribution in [2.24, 2.45) is 5.92 Å². The number of phenols is 1. The maximum Gasteiger partial charge on any atom is 0.248 e. The summed E-state index contributed by atoms with van der Waals surface area (Å²) in [7, 11) is 0. The first kappa shape index (κ1) is 61.4. The van der Waals surface area contributed by atoms with E-state index >= 15 is 0 Å². The number of aliphatic hydroxyl groups is 6. The van der Waals surface area contributed by atoms with E-state index < -0.39 is 146 Å². The monoisotopic (exact) mass is 1050 g/mol. The highest BCUT2D eigenvalue weighted by atomic mass is 16.3. The van der Waals surface area contributed by atoms with Gasteiger partial charge in [0.25, 0.3) is 0 Å². The van der Waals surface area contributed by atoms with Gasteiger partial charge in [-0.25, -0.2) is 0 Å². The van der Waals surface area contributed by atoms with Gasteiger partial charge in [-0.3, -0.25) is 33.6 Å². The largest absolute Gasteiger partial charge is 0.506 e. The van der Waals surface area contributed by atoms with Gasteiger partial charge in [0, 0.05) is 51.2 Å². The molecule has 7 amide bonds. The number of aliphatic hydroxyl groups excluding tert-OH is 6. The number of nitrogen functional groups attached to an aromatic ring is 1. The molecule has 418 valence electrons. The minimum absolute atomic E-state index is 0.0290. The summed E-state index contributed by atoms with van der Waals surface area (Å²) in [5, 5.41) is 89.1. The zero-order valence-electron chi connectivity index (χ0n) is 43.8. The summed E-state index contributed by atoms with van der Waals surface area (Å²) in [5.41, 5.74) is 6.09. The molecule has 74 heavy (non-hydrogen) atoms. The second-order valence-corrected chi connectivity index (χ2v) is 20.9. The van der Waals surface area contributed by atoms with Crippen LogP contribution in [0.15, 0.2) is 18.2 Å². The van der Waals surface area contributed by atoms with E-state index in [0.717, 1.165) is 41.9 Å². The number of β-amino-alcohol motifs (C(OH)–C–C–N with tert-alkyl or cyclic N) is 1. The molecule has 1 aromatic rings. The standard InChI is InChI=1S/C52H86N8O14/c1-5-6-7-8-9-10-11-12-13-14-15-16-17-18-19-20-41(67)55-37-25-34(63)27-54-50(72)45-46(68)30(2)28-60(45)52(74)43(32(4)62)57-49(71)44(40(66)24-33-21-22-39(65)36(53)23-33)58-48(70)38-26-35(64)29-59(38)51(73)42(31(3)61)56-47(37)69/h21-23,30-32,34-35,37-38,40,42-46,61-66,68H,5-20,24-29,53H2,1-4H3,(H,54,72)(H,55,67)(H,56,69)(H,57,71)(H,58,70)/t30-,31+,32+,34+,35+,37-,38-,40+,42-,43-,44-,45-,46-/m0/s1. The van der Waals surface area contributed by atoms with E-state index in [9.17, 15) is 69.3 Å². The number of anilines is 1. The van der Waals surface area contributed by atoms with Crippen molar-refractivity contribution in [3.05, 3.63) is 23.8 Å². The molecule has 3 fully saturated rings. The molecular weight excluding hydrogens is 961 g/mol. The minimum Gasteiger partial charge on any atom is -0.506 e. The second kappa shape index (κ2) is 30.4. The number of carbonyl (C=O) groups is 7. The molecule has 3 saturated heterocycles. The third-order valence-electron chi connectivity index (χ3n) is 14.4. The van der Waals surface area contributed by atoms with Gasteiger partial charge >= 0.3 is 0 Å². The van der Waals surface area contributed by atoms with Gasteiger partial charge in [-0.2, -0.15) is 0 Å². The number of hydrogen-bond acceptors (Lipinski definition) is 15. The zero-order chi connectivity index (χ0) is 54.6. The van der Waals surface area contributed by atoms with Crippen LogP contribution < -0.4 is 32.3 Å². The van der Waals surface area contributed by atoms with Crippen molar-refractivity contribution in [1.82, 2.24) is 36.4 Å².